The number of nitrogens with zero attached hydrogens (tertiary/aromatic N) is 2. The van der Waals surface area contributed by atoms with E-state index in [4.69, 9.17) is 17.0 Å². The van der Waals surface area contributed by atoms with E-state index >= 15 is 0 Å². The van der Waals surface area contributed by atoms with E-state index in [-0.39, 0.29) is 43.1 Å². The lowest BCUT2D eigenvalue weighted by molar-refractivity contribution is -0.141. The lowest BCUT2D eigenvalue weighted by Crippen LogP contribution is -2.59. The second-order valence-electron chi connectivity index (χ2n) is 15.4. The van der Waals surface area contributed by atoms with Gasteiger partial charge in [-0.2, -0.15) is 0 Å². The van der Waals surface area contributed by atoms with E-state index in [1.807, 2.05) is 32.9 Å². The van der Waals surface area contributed by atoms with Gasteiger partial charge in [-0.25, -0.2) is 17.6 Å². The number of hydrogen-bond donors (Lipinski definition) is 4. The van der Waals surface area contributed by atoms with Gasteiger partial charge in [0.1, 0.15) is 29.5 Å². The number of nitrogens with one attached hydrogen (secondary N) is 4. The molecular weight excluding hydrogens is 700 g/mol. The van der Waals surface area contributed by atoms with Gasteiger partial charge in [0.15, 0.2) is 5.11 Å². The normalized spacial score (nSPS) is 28.9. The number of sulfonamides is 1. The fourth-order valence-corrected chi connectivity index (χ4v) is 8.92. The van der Waals surface area contributed by atoms with Crippen molar-refractivity contribution in [3.05, 3.63) is 47.3 Å². The zero-order valence-electron chi connectivity index (χ0n) is 29.2. The Labute approximate surface area is 303 Å². The summed E-state index contributed by atoms with van der Waals surface area (Å²) < 4.78 is 48.0. The van der Waals surface area contributed by atoms with Gasteiger partial charge < -0.3 is 25.6 Å². The quantitative estimate of drug-likeness (QED) is 0.260. The van der Waals surface area contributed by atoms with Crippen molar-refractivity contribution in [1.29, 1.82) is 0 Å². The summed E-state index contributed by atoms with van der Waals surface area (Å²) in [6, 6.07) is 2.72. The zero-order chi connectivity index (χ0) is 36.7. The molecular formula is C35H47FN6O7S2. The van der Waals surface area contributed by atoms with Crippen molar-refractivity contribution in [2.75, 3.05) is 6.54 Å². The fraction of sp³-hybridized carbons (Fsp3) is 0.629. The van der Waals surface area contributed by atoms with E-state index in [9.17, 15) is 32.0 Å². The second kappa shape index (κ2) is 14.3. The smallest absolute Gasteiger partial charge is 0.410 e. The average molecular weight is 747 g/mol. The molecule has 1 aromatic carbocycles. The minimum absolute atomic E-state index is 0.0284. The van der Waals surface area contributed by atoms with Crippen LogP contribution in [-0.4, -0.2) is 88.2 Å². The summed E-state index contributed by atoms with van der Waals surface area (Å²) in [7, 11) is -3.89. The molecule has 1 saturated heterocycles. The molecule has 0 bridgehead atoms. The highest BCUT2D eigenvalue weighted by Gasteiger charge is 2.62. The van der Waals surface area contributed by atoms with Crippen LogP contribution in [0, 0.1) is 11.7 Å². The molecule has 5 aliphatic rings. The summed E-state index contributed by atoms with van der Waals surface area (Å²) in [6.45, 7) is 5.90. The van der Waals surface area contributed by atoms with E-state index < -0.39 is 74.5 Å². The van der Waals surface area contributed by atoms with Crippen LogP contribution >= 0.6 is 12.2 Å². The van der Waals surface area contributed by atoms with Crippen LogP contribution in [0.25, 0.3) is 0 Å². The fourth-order valence-electron chi connectivity index (χ4n) is 7.11. The monoisotopic (exact) mass is 746 g/mol. The first kappa shape index (κ1) is 37.0. The molecule has 1 aromatic rings. The topological polar surface area (TPSA) is 166 Å². The van der Waals surface area contributed by atoms with Crippen LogP contribution in [0.3, 0.4) is 0 Å². The summed E-state index contributed by atoms with van der Waals surface area (Å²) in [5, 5.41) is 8.79. The van der Waals surface area contributed by atoms with E-state index in [2.05, 4.69) is 20.7 Å². The number of carbonyl (C=O) groups excluding carboxylic acids is 4. The van der Waals surface area contributed by atoms with E-state index in [1.165, 1.54) is 15.9 Å². The number of carbonyl (C=O) groups is 4. The van der Waals surface area contributed by atoms with Crippen LogP contribution in [0.5, 0.6) is 0 Å². The molecule has 0 spiro atoms. The van der Waals surface area contributed by atoms with Crippen molar-refractivity contribution < 1.29 is 36.7 Å². The average Bonchev–Trinajstić information content (AvgIpc) is 3.93. The van der Waals surface area contributed by atoms with E-state index in [1.54, 1.807) is 12.1 Å². The van der Waals surface area contributed by atoms with Gasteiger partial charge >= 0.3 is 6.09 Å². The molecule has 13 nitrogen and oxygen atoms in total. The molecule has 0 radical (unpaired) electrons. The van der Waals surface area contributed by atoms with Gasteiger partial charge in [0.2, 0.25) is 21.8 Å². The molecule has 278 valence electrons. The van der Waals surface area contributed by atoms with Crippen LogP contribution in [0.4, 0.5) is 9.18 Å². The first-order valence-corrected chi connectivity index (χ1v) is 19.7. The number of benzene rings is 1. The van der Waals surface area contributed by atoms with Gasteiger partial charge in [0.05, 0.1) is 18.3 Å². The number of rotatable bonds is 5. The van der Waals surface area contributed by atoms with Gasteiger partial charge in [-0.1, -0.05) is 37.1 Å². The third kappa shape index (κ3) is 8.48. The molecule has 2 aliphatic carbocycles. The van der Waals surface area contributed by atoms with Gasteiger partial charge in [0.25, 0.3) is 5.91 Å². The van der Waals surface area contributed by atoms with Crippen LogP contribution in [0.2, 0.25) is 0 Å². The van der Waals surface area contributed by atoms with Crippen LogP contribution in [-0.2, 0) is 42.2 Å². The molecule has 6 rings (SSSR count). The number of fused-ring (bicyclic) bond motifs is 3. The number of amides is 4. The van der Waals surface area contributed by atoms with Gasteiger partial charge in [0, 0.05) is 30.0 Å². The third-order valence-electron chi connectivity index (χ3n) is 10.1. The maximum Gasteiger partial charge on any atom is 0.410 e. The van der Waals surface area contributed by atoms with Crippen molar-refractivity contribution >= 4 is 51.2 Å². The molecule has 3 fully saturated rings. The van der Waals surface area contributed by atoms with Crippen LogP contribution < -0.4 is 20.7 Å². The molecule has 3 heterocycles. The zero-order valence-corrected chi connectivity index (χ0v) is 30.8. The Morgan fingerprint density at radius 2 is 1.86 bits per heavy atom. The van der Waals surface area contributed by atoms with Gasteiger partial charge in [-0.3, -0.25) is 24.0 Å². The first-order chi connectivity index (χ1) is 24.1. The number of hydrogen-bond acceptors (Lipinski definition) is 8. The number of halogens is 1. The Hall–Kier alpha value is -3.79. The van der Waals surface area contributed by atoms with Gasteiger partial charge in [-0.15, -0.1) is 0 Å². The summed E-state index contributed by atoms with van der Waals surface area (Å²) in [6.07, 6.45) is 6.75. The third-order valence-corrected chi connectivity index (χ3v) is 12.1. The second-order valence-corrected chi connectivity index (χ2v) is 17.8. The van der Waals surface area contributed by atoms with Crippen molar-refractivity contribution in [3.8, 4) is 0 Å². The van der Waals surface area contributed by atoms with Crippen LogP contribution in [0.1, 0.15) is 89.7 Å². The molecule has 5 atom stereocenters. The standard InChI is InChI=1S/C35H47FN6O7S2/c1-34(2,3)39-32(50)37-27-13-8-6-4-5-7-11-22-17-35(22,31(45)40-51(47,48)24-14-15-24)38-29(43)28-16-23(19-42(28)30(27)44)49-33(46)41-18-21-10-9-12-26(36)25(21)20-41/h7,9-12,22-24,27-28H,4-6,8,13-20H2,1-3H3,(H,38,43)(H,40,45)(H2,37,39,50)/b11-7-/t22-,23+,27-,28-,35+/m0/s1. The highest BCUT2D eigenvalue weighted by Crippen LogP contribution is 2.46. The molecule has 51 heavy (non-hydrogen) atoms. The molecule has 0 aromatic heterocycles. The maximum atomic E-state index is 14.4. The minimum atomic E-state index is -3.89. The first-order valence-electron chi connectivity index (χ1n) is 17.7. The van der Waals surface area contributed by atoms with Gasteiger partial charge in [-0.05, 0) is 83.1 Å². The Balaban J connectivity index is 1.25. The molecule has 0 unspecified atom stereocenters. The lowest BCUT2D eigenvalue weighted by Gasteiger charge is -2.31. The maximum absolute atomic E-state index is 14.4. The molecule has 3 aliphatic heterocycles. The Morgan fingerprint density at radius 1 is 1.10 bits per heavy atom. The van der Waals surface area contributed by atoms with Crippen molar-refractivity contribution in [1.82, 2.24) is 30.5 Å². The summed E-state index contributed by atoms with van der Waals surface area (Å²) in [5.74, 6) is -2.73. The number of allylic oxidation sites excluding steroid dienone is 1. The van der Waals surface area contributed by atoms with Crippen molar-refractivity contribution in [2.45, 2.75) is 126 Å². The molecule has 2 saturated carbocycles. The summed E-state index contributed by atoms with van der Waals surface area (Å²) in [4.78, 5) is 58.3. The van der Waals surface area contributed by atoms with E-state index in [0.717, 1.165) is 19.3 Å². The summed E-state index contributed by atoms with van der Waals surface area (Å²) >= 11 is 5.56. The highest BCUT2D eigenvalue weighted by molar-refractivity contribution is 7.91. The Bertz CT molecular complexity index is 1730. The number of ether oxygens (including phenoxy) is 1. The number of thiocarbonyl (C=S) groups is 1. The predicted molar refractivity (Wildman–Crippen MR) is 190 cm³/mol. The van der Waals surface area contributed by atoms with E-state index in [0.29, 0.717) is 36.8 Å². The predicted octanol–water partition coefficient (Wildman–Crippen LogP) is 2.88. The molecule has 16 heteroatoms. The molecule has 4 amide bonds. The van der Waals surface area contributed by atoms with Crippen molar-refractivity contribution in [2.24, 2.45) is 5.92 Å². The summed E-state index contributed by atoms with van der Waals surface area (Å²) in [5.41, 5.74) is -0.803. The minimum Gasteiger partial charge on any atom is -0.444 e. The molecule has 4 N–H and O–H groups in total. The highest BCUT2D eigenvalue weighted by atomic mass is 32.2. The Morgan fingerprint density at radius 3 is 2.57 bits per heavy atom. The SMILES string of the molecule is CC(C)(C)NC(=S)N[C@H]1CCCCC/C=C\[C@H]2C[C@@]2(C(=O)NS(=O)(=O)C2CC2)NC(=O)[C@@H]2C[C@@H](OC(=O)N3Cc4cccc(F)c4C3)CN2C1=O. The Kier molecular flexibility index (Phi) is 10.4. The lowest BCUT2D eigenvalue weighted by atomic mass is 10.0. The largest absolute Gasteiger partial charge is 0.444 e. The van der Waals surface area contributed by atoms with Crippen LogP contribution in [0.15, 0.2) is 30.4 Å². The van der Waals surface area contributed by atoms with Crippen molar-refractivity contribution in [3.63, 3.8) is 0 Å².